The van der Waals surface area contributed by atoms with Crippen LogP contribution in [0.15, 0.2) is 36.8 Å². The first-order valence-electron chi connectivity index (χ1n) is 6.82. The Kier molecular flexibility index (Phi) is 4.88. The van der Waals surface area contributed by atoms with Crippen LogP contribution in [0.1, 0.15) is 23.8 Å². The van der Waals surface area contributed by atoms with Gasteiger partial charge in [0.1, 0.15) is 18.1 Å². The molecule has 1 N–H and O–H groups in total. The maximum absolute atomic E-state index is 13.0. The number of hydrogen-bond donors (Lipinski definition) is 1. The largest absolute Gasteiger partial charge is 0.480 e. The average molecular weight is 305 g/mol. The molecular weight excluding hydrogens is 289 g/mol. The fourth-order valence-corrected chi connectivity index (χ4v) is 2.11. The minimum atomic E-state index is -1.07. The molecule has 0 aliphatic heterocycles. The van der Waals surface area contributed by atoms with Gasteiger partial charge in [-0.2, -0.15) is 0 Å². The van der Waals surface area contributed by atoms with Gasteiger partial charge < -0.3 is 10.0 Å². The first-order valence-corrected chi connectivity index (χ1v) is 6.82. The molecule has 1 aromatic carbocycles. The molecule has 0 radical (unpaired) electrons. The Morgan fingerprint density at radius 3 is 2.59 bits per heavy atom. The Labute approximate surface area is 126 Å². The second-order valence-electron chi connectivity index (χ2n) is 4.75. The quantitative estimate of drug-likeness (QED) is 0.885. The summed E-state index contributed by atoms with van der Waals surface area (Å²) in [5.74, 6) is -1.88. The number of carbonyl (C=O) groups is 2. The summed E-state index contributed by atoms with van der Waals surface area (Å²) >= 11 is 0. The lowest BCUT2D eigenvalue weighted by Crippen LogP contribution is -2.37. The number of nitrogens with zero attached hydrogens (tertiary/aromatic N) is 3. The van der Waals surface area contributed by atoms with Gasteiger partial charge >= 0.3 is 5.97 Å². The molecule has 0 aliphatic carbocycles. The number of carboxylic acids is 1. The number of benzene rings is 1. The summed E-state index contributed by atoms with van der Waals surface area (Å²) in [4.78, 5) is 28.6. The number of hydrogen-bond acceptors (Lipinski definition) is 3. The lowest BCUT2D eigenvalue weighted by Gasteiger charge is -2.20. The Hall–Kier alpha value is -2.70. The molecule has 1 amide bonds. The molecule has 0 fully saturated rings. The maximum atomic E-state index is 13.0. The third-order valence-corrected chi connectivity index (χ3v) is 3.07. The number of aromatic nitrogens is 2. The lowest BCUT2D eigenvalue weighted by atomic mass is 10.3. The third kappa shape index (κ3) is 3.49. The number of carboxylic acid groups (broad SMARTS) is 1. The van der Waals surface area contributed by atoms with Crippen LogP contribution in [0.5, 0.6) is 0 Å². The summed E-state index contributed by atoms with van der Waals surface area (Å²) in [6, 6.07) is 5.61. The van der Waals surface area contributed by atoms with Gasteiger partial charge in [-0.1, -0.05) is 6.92 Å². The van der Waals surface area contributed by atoms with Crippen molar-refractivity contribution in [3.63, 3.8) is 0 Å². The van der Waals surface area contributed by atoms with Crippen molar-refractivity contribution in [3.8, 4) is 5.69 Å². The monoisotopic (exact) mass is 305 g/mol. The number of carbonyl (C=O) groups excluding carboxylic acids is 1. The van der Waals surface area contributed by atoms with Gasteiger partial charge in [0, 0.05) is 12.2 Å². The Morgan fingerprint density at radius 1 is 1.32 bits per heavy atom. The average Bonchev–Trinajstić information content (AvgIpc) is 2.96. The van der Waals surface area contributed by atoms with Gasteiger partial charge in [-0.05, 0) is 30.7 Å². The van der Waals surface area contributed by atoms with Crippen LogP contribution < -0.4 is 0 Å². The van der Waals surface area contributed by atoms with E-state index in [0.717, 1.165) is 0 Å². The standard InChI is InChI=1S/C15H16FN3O3/c1-2-7-18(9-14(20)21)15(22)13-8-17-10-19(13)12-5-3-11(16)4-6-12/h3-6,8,10H,2,7,9H2,1H3,(H,20,21). The Bertz CT molecular complexity index is 667. The Balaban J connectivity index is 2.32. The number of amides is 1. The first-order chi connectivity index (χ1) is 10.5. The molecule has 1 aromatic heterocycles. The highest BCUT2D eigenvalue weighted by molar-refractivity contribution is 5.94. The van der Waals surface area contributed by atoms with Crippen LogP contribution in [-0.4, -0.2) is 44.5 Å². The van der Waals surface area contributed by atoms with E-state index in [1.807, 2.05) is 6.92 Å². The highest BCUT2D eigenvalue weighted by Crippen LogP contribution is 2.14. The van der Waals surface area contributed by atoms with Crippen molar-refractivity contribution in [1.82, 2.24) is 14.5 Å². The molecular formula is C15H16FN3O3. The van der Waals surface area contributed by atoms with Crippen molar-refractivity contribution in [2.75, 3.05) is 13.1 Å². The fraction of sp³-hybridized carbons (Fsp3) is 0.267. The van der Waals surface area contributed by atoms with E-state index in [2.05, 4.69) is 4.98 Å². The molecule has 0 bridgehead atoms. The molecule has 2 aromatic rings. The van der Waals surface area contributed by atoms with E-state index in [4.69, 9.17) is 5.11 Å². The van der Waals surface area contributed by atoms with Crippen LogP contribution in [-0.2, 0) is 4.79 Å². The highest BCUT2D eigenvalue weighted by atomic mass is 19.1. The molecule has 0 saturated carbocycles. The predicted octanol–water partition coefficient (Wildman–Crippen LogP) is 1.95. The van der Waals surface area contributed by atoms with Gasteiger partial charge in [0.05, 0.1) is 12.5 Å². The molecule has 7 heteroatoms. The van der Waals surface area contributed by atoms with Crippen molar-refractivity contribution in [1.29, 1.82) is 0 Å². The van der Waals surface area contributed by atoms with Crippen LogP contribution in [0.25, 0.3) is 5.69 Å². The number of rotatable bonds is 6. The molecule has 1 heterocycles. The molecule has 0 aliphatic rings. The van der Waals surface area contributed by atoms with Gasteiger partial charge in [0.2, 0.25) is 0 Å². The second kappa shape index (κ2) is 6.84. The van der Waals surface area contributed by atoms with Crippen molar-refractivity contribution < 1.29 is 19.1 Å². The smallest absolute Gasteiger partial charge is 0.323 e. The zero-order valence-electron chi connectivity index (χ0n) is 12.1. The van der Waals surface area contributed by atoms with Crippen LogP contribution in [0.4, 0.5) is 4.39 Å². The Morgan fingerprint density at radius 2 is 2.00 bits per heavy atom. The van der Waals surface area contributed by atoms with E-state index in [1.165, 1.54) is 46.3 Å². The molecule has 0 saturated heterocycles. The summed E-state index contributed by atoms with van der Waals surface area (Å²) in [7, 11) is 0. The summed E-state index contributed by atoms with van der Waals surface area (Å²) in [5.41, 5.74) is 0.815. The zero-order valence-corrected chi connectivity index (χ0v) is 12.1. The van der Waals surface area contributed by atoms with Crippen LogP contribution in [0, 0.1) is 5.82 Å². The van der Waals surface area contributed by atoms with Crippen molar-refractivity contribution in [3.05, 3.63) is 48.3 Å². The normalized spacial score (nSPS) is 10.5. The molecule has 0 unspecified atom stereocenters. The van der Waals surface area contributed by atoms with Gasteiger partial charge in [0.15, 0.2) is 0 Å². The SMILES string of the molecule is CCCN(CC(=O)O)C(=O)c1cncn1-c1ccc(F)cc1. The first kappa shape index (κ1) is 15.7. The minimum Gasteiger partial charge on any atom is -0.480 e. The molecule has 22 heavy (non-hydrogen) atoms. The van der Waals surface area contributed by atoms with Gasteiger partial charge in [-0.3, -0.25) is 14.2 Å². The van der Waals surface area contributed by atoms with E-state index < -0.39 is 11.9 Å². The lowest BCUT2D eigenvalue weighted by molar-refractivity contribution is -0.137. The van der Waals surface area contributed by atoms with Crippen molar-refractivity contribution >= 4 is 11.9 Å². The summed E-state index contributed by atoms with van der Waals surface area (Å²) in [5, 5.41) is 8.92. The van der Waals surface area contributed by atoms with E-state index >= 15 is 0 Å². The molecule has 6 nitrogen and oxygen atoms in total. The second-order valence-corrected chi connectivity index (χ2v) is 4.75. The predicted molar refractivity (Wildman–Crippen MR) is 77.4 cm³/mol. The van der Waals surface area contributed by atoms with Crippen molar-refractivity contribution in [2.24, 2.45) is 0 Å². The highest BCUT2D eigenvalue weighted by Gasteiger charge is 2.21. The van der Waals surface area contributed by atoms with Crippen LogP contribution >= 0.6 is 0 Å². The van der Waals surface area contributed by atoms with Crippen molar-refractivity contribution in [2.45, 2.75) is 13.3 Å². The zero-order chi connectivity index (χ0) is 16.1. The molecule has 116 valence electrons. The van der Waals surface area contributed by atoms with Gasteiger partial charge in [-0.15, -0.1) is 0 Å². The molecule has 0 spiro atoms. The van der Waals surface area contributed by atoms with Gasteiger partial charge in [0.25, 0.3) is 5.91 Å². The fourth-order valence-electron chi connectivity index (χ4n) is 2.11. The summed E-state index contributed by atoms with van der Waals surface area (Å²) in [6.07, 6.45) is 3.45. The van der Waals surface area contributed by atoms with E-state index in [1.54, 1.807) is 0 Å². The third-order valence-electron chi connectivity index (χ3n) is 3.07. The van der Waals surface area contributed by atoms with E-state index in [9.17, 15) is 14.0 Å². The van der Waals surface area contributed by atoms with Gasteiger partial charge in [-0.25, -0.2) is 9.37 Å². The number of aliphatic carboxylic acids is 1. The molecule has 0 atom stereocenters. The topological polar surface area (TPSA) is 75.4 Å². The summed E-state index contributed by atoms with van der Waals surface area (Å²) < 4.78 is 14.5. The van der Waals surface area contributed by atoms with Crippen LogP contribution in [0.3, 0.4) is 0 Å². The number of halogens is 1. The van der Waals surface area contributed by atoms with Crippen LogP contribution in [0.2, 0.25) is 0 Å². The maximum Gasteiger partial charge on any atom is 0.323 e. The summed E-state index contributed by atoms with van der Waals surface area (Å²) in [6.45, 7) is 1.82. The minimum absolute atomic E-state index is 0.237. The number of imidazole rings is 1. The molecule has 2 rings (SSSR count). The van der Waals surface area contributed by atoms with E-state index in [-0.39, 0.29) is 18.1 Å². The van der Waals surface area contributed by atoms with E-state index in [0.29, 0.717) is 18.7 Å².